The summed E-state index contributed by atoms with van der Waals surface area (Å²) in [6.07, 6.45) is 0.319. The van der Waals surface area contributed by atoms with Gasteiger partial charge in [-0.3, -0.25) is 19.6 Å². The standard InChI is InChI=1S/C39H38ClFN4O5S.ClH/c1-3-35(43-24-28-10-7-8-15-34(28)41)38(46)44-39(47)37(26-16-19-30(20-17-26)45-51(48,49)32-13-5-4-6-14-32)33-21-18-29(40)23-36(33)50-31-12-9-11-27(22-31)25(2)42;/h4-23,25,35,37,43,45H,3,24,42H2,1-2H3,(H,44,46,47);1H/t25-,35?,37?;/m0./s1. The Balaban J connectivity index is 0.00000605. The number of anilines is 1. The van der Waals surface area contributed by atoms with E-state index in [9.17, 15) is 22.4 Å². The highest BCUT2D eigenvalue weighted by Gasteiger charge is 2.30. The van der Waals surface area contributed by atoms with Crippen molar-refractivity contribution in [1.29, 1.82) is 0 Å². The molecule has 0 aromatic heterocycles. The fraction of sp³-hybridized carbons (Fsp3) is 0.179. The summed E-state index contributed by atoms with van der Waals surface area (Å²) in [6.45, 7) is 3.70. The number of ether oxygens (including phenoxy) is 1. The first-order chi connectivity index (χ1) is 24.4. The molecule has 9 nitrogen and oxygen atoms in total. The van der Waals surface area contributed by atoms with Crippen LogP contribution in [0.5, 0.6) is 11.5 Å². The smallest absolute Gasteiger partial charge is 0.261 e. The molecule has 52 heavy (non-hydrogen) atoms. The first kappa shape index (κ1) is 40.0. The normalized spacial score (nSPS) is 12.9. The lowest BCUT2D eigenvalue weighted by molar-refractivity contribution is -0.132. The van der Waals surface area contributed by atoms with Gasteiger partial charge >= 0.3 is 0 Å². The van der Waals surface area contributed by atoms with Crippen LogP contribution in [0.25, 0.3) is 0 Å². The molecule has 5 aromatic rings. The summed E-state index contributed by atoms with van der Waals surface area (Å²) < 4.78 is 49.1. The maximum atomic E-state index is 14.3. The number of benzene rings is 5. The van der Waals surface area contributed by atoms with Crippen LogP contribution in [0.2, 0.25) is 5.02 Å². The topological polar surface area (TPSA) is 140 Å². The summed E-state index contributed by atoms with van der Waals surface area (Å²) in [5, 5.41) is 5.92. The molecule has 0 aliphatic heterocycles. The number of hydrogen-bond acceptors (Lipinski definition) is 7. The van der Waals surface area contributed by atoms with Gasteiger partial charge in [0.15, 0.2) is 0 Å². The number of nitrogens with one attached hydrogen (secondary N) is 3. The molecule has 13 heteroatoms. The highest BCUT2D eigenvalue weighted by atomic mass is 35.5. The first-order valence-electron chi connectivity index (χ1n) is 16.3. The summed E-state index contributed by atoms with van der Waals surface area (Å²) in [7, 11) is -3.88. The molecule has 0 spiro atoms. The van der Waals surface area contributed by atoms with Crippen LogP contribution in [0.3, 0.4) is 0 Å². The van der Waals surface area contributed by atoms with Gasteiger partial charge in [0.25, 0.3) is 10.0 Å². The first-order valence-corrected chi connectivity index (χ1v) is 18.1. The van der Waals surface area contributed by atoms with E-state index >= 15 is 0 Å². The summed E-state index contributed by atoms with van der Waals surface area (Å²) >= 11 is 6.41. The molecule has 0 saturated heterocycles. The van der Waals surface area contributed by atoms with Gasteiger partial charge in [0.2, 0.25) is 11.8 Å². The molecule has 0 aliphatic carbocycles. The zero-order valence-electron chi connectivity index (χ0n) is 28.4. The van der Waals surface area contributed by atoms with Crippen LogP contribution in [0, 0.1) is 5.82 Å². The summed E-state index contributed by atoms with van der Waals surface area (Å²) in [5.41, 5.74) is 8.40. The quantitative estimate of drug-likeness (QED) is 0.0903. The SMILES string of the molecule is CCC(NCc1ccccc1F)C(=O)NC(=O)C(c1ccc(NS(=O)(=O)c2ccccc2)cc1)c1ccc(Cl)cc1Oc1cccc([C@H](C)N)c1.Cl. The second-order valence-corrected chi connectivity index (χ2v) is 14.0. The van der Waals surface area contributed by atoms with Gasteiger partial charge in [-0.05, 0) is 79.1 Å². The predicted octanol–water partition coefficient (Wildman–Crippen LogP) is 7.86. The van der Waals surface area contributed by atoms with Gasteiger partial charge in [0.05, 0.1) is 16.9 Å². The largest absolute Gasteiger partial charge is 0.457 e. The average molecular weight is 766 g/mol. The molecule has 0 aliphatic rings. The molecule has 5 rings (SSSR count). The van der Waals surface area contributed by atoms with Crippen LogP contribution in [0.4, 0.5) is 10.1 Å². The van der Waals surface area contributed by atoms with Crippen LogP contribution in [-0.4, -0.2) is 26.3 Å². The van der Waals surface area contributed by atoms with Crippen LogP contribution in [0.1, 0.15) is 54.5 Å². The monoisotopic (exact) mass is 764 g/mol. The third kappa shape index (κ3) is 10.2. The summed E-state index contributed by atoms with van der Waals surface area (Å²) in [4.78, 5) is 27.8. The molecular weight excluding hydrogens is 726 g/mol. The molecule has 2 amide bonds. The third-order valence-corrected chi connectivity index (χ3v) is 9.81. The molecule has 0 saturated carbocycles. The maximum Gasteiger partial charge on any atom is 0.261 e. The van der Waals surface area contributed by atoms with Crippen LogP contribution < -0.4 is 25.8 Å². The highest BCUT2D eigenvalue weighted by Crippen LogP contribution is 2.38. The Morgan fingerprint density at radius 3 is 2.21 bits per heavy atom. The predicted molar refractivity (Wildman–Crippen MR) is 204 cm³/mol. The second-order valence-electron chi connectivity index (χ2n) is 11.9. The second kappa shape index (κ2) is 18.1. The van der Waals surface area contributed by atoms with E-state index in [1.807, 2.05) is 13.0 Å². The van der Waals surface area contributed by atoms with Crippen molar-refractivity contribution in [2.75, 3.05) is 4.72 Å². The Bertz CT molecular complexity index is 2100. The van der Waals surface area contributed by atoms with Gasteiger partial charge in [-0.25, -0.2) is 12.8 Å². The lowest BCUT2D eigenvalue weighted by Crippen LogP contribution is -2.47. The molecule has 0 heterocycles. The van der Waals surface area contributed by atoms with Crippen molar-refractivity contribution in [1.82, 2.24) is 10.6 Å². The minimum absolute atomic E-state index is 0. The van der Waals surface area contributed by atoms with E-state index in [0.717, 1.165) is 5.56 Å². The van der Waals surface area contributed by atoms with Crippen molar-refractivity contribution in [3.63, 3.8) is 0 Å². The molecule has 5 N–H and O–H groups in total. The van der Waals surface area contributed by atoms with E-state index in [-0.39, 0.29) is 41.3 Å². The number of nitrogens with two attached hydrogens (primary N) is 1. The van der Waals surface area contributed by atoms with E-state index in [4.69, 9.17) is 22.1 Å². The Morgan fingerprint density at radius 1 is 0.846 bits per heavy atom. The number of sulfonamides is 1. The van der Waals surface area contributed by atoms with E-state index in [0.29, 0.717) is 33.9 Å². The molecule has 5 aromatic carbocycles. The van der Waals surface area contributed by atoms with E-state index < -0.39 is 39.6 Å². The zero-order valence-corrected chi connectivity index (χ0v) is 30.8. The van der Waals surface area contributed by atoms with Crippen LogP contribution >= 0.6 is 24.0 Å². The van der Waals surface area contributed by atoms with Crippen LogP contribution in [-0.2, 0) is 26.2 Å². The molecule has 0 fully saturated rings. The average Bonchev–Trinajstić information content (AvgIpc) is 3.11. The van der Waals surface area contributed by atoms with Crippen molar-refractivity contribution in [3.8, 4) is 11.5 Å². The van der Waals surface area contributed by atoms with Gasteiger partial charge in [-0.1, -0.05) is 85.3 Å². The Labute approximate surface area is 314 Å². The van der Waals surface area contributed by atoms with Gasteiger partial charge in [-0.2, -0.15) is 0 Å². The zero-order chi connectivity index (χ0) is 36.5. The Morgan fingerprint density at radius 2 is 1.54 bits per heavy atom. The third-order valence-electron chi connectivity index (χ3n) is 8.18. The molecule has 0 bridgehead atoms. The lowest BCUT2D eigenvalue weighted by Gasteiger charge is -2.23. The number of rotatable bonds is 14. The van der Waals surface area contributed by atoms with Crippen molar-refractivity contribution in [3.05, 3.63) is 154 Å². The molecule has 0 radical (unpaired) electrons. The number of hydrogen-bond donors (Lipinski definition) is 4. The minimum atomic E-state index is -3.88. The fourth-order valence-electron chi connectivity index (χ4n) is 5.43. The molecular formula is C39H39Cl2FN4O5S. The van der Waals surface area contributed by atoms with Gasteiger partial charge in [-0.15, -0.1) is 12.4 Å². The van der Waals surface area contributed by atoms with Gasteiger partial charge < -0.3 is 15.8 Å². The number of imide groups is 1. The van der Waals surface area contributed by atoms with Gasteiger partial charge in [0, 0.05) is 34.4 Å². The van der Waals surface area contributed by atoms with Crippen LogP contribution in [0.15, 0.2) is 126 Å². The van der Waals surface area contributed by atoms with Gasteiger partial charge in [0.1, 0.15) is 17.3 Å². The minimum Gasteiger partial charge on any atom is -0.457 e. The van der Waals surface area contributed by atoms with E-state index in [1.165, 1.54) is 30.3 Å². The number of halogens is 3. The highest BCUT2D eigenvalue weighted by molar-refractivity contribution is 7.92. The Kier molecular flexibility index (Phi) is 13.9. The van der Waals surface area contributed by atoms with Crippen molar-refractivity contribution < 1.29 is 27.1 Å². The van der Waals surface area contributed by atoms with E-state index in [1.54, 1.807) is 91.9 Å². The maximum absolute atomic E-state index is 14.3. The number of carbonyl (C=O) groups excluding carboxylic acids is 2. The molecule has 2 unspecified atom stereocenters. The molecule has 272 valence electrons. The van der Waals surface area contributed by atoms with Crippen molar-refractivity contribution >= 4 is 51.5 Å². The summed E-state index contributed by atoms with van der Waals surface area (Å²) in [6, 6.07) is 31.4. The number of amides is 2. The Hall–Kier alpha value is -4.78. The van der Waals surface area contributed by atoms with Crippen molar-refractivity contribution in [2.45, 2.75) is 49.7 Å². The summed E-state index contributed by atoms with van der Waals surface area (Å²) in [5.74, 6) is -2.07. The lowest BCUT2D eigenvalue weighted by atomic mass is 9.89. The van der Waals surface area contributed by atoms with Crippen molar-refractivity contribution in [2.24, 2.45) is 5.73 Å². The fourth-order valence-corrected chi connectivity index (χ4v) is 6.67. The number of carbonyl (C=O) groups is 2. The molecule has 3 atom stereocenters. The van der Waals surface area contributed by atoms with E-state index in [2.05, 4.69) is 15.4 Å².